The molecule has 3 aromatic rings. The number of rotatable bonds is 7. The molecular weight excluding hydrogens is 373 g/mol. The van der Waals surface area contributed by atoms with Crippen molar-refractivity contribution < 1.29 is 13.9 Å². The molecule has 2 aromatic carbocycles. The topological polar surface area (TPSA) is 79.4 Å². The van der Waals surface area contributed by atoms with Gasteiger partial charge in [0.25, 0.3) is 5.91 Å². The molecular formula is C21H22FN5O2. The molecule has 0 saturated heterocycles. The molecule has 0 saturated carbocycles. The van der Waals surface area contributed by atoms with E-state index in [-0.39, 0.29) is 11.7 Å². The summed E-state index contributed by atoms with van der Waals surface area (Å²) in [5.74, 6) is -0.238. The van der Waals surface area contributed by atoms with Gasteiger partial charge < -0.3 is 20.3 Å². The van der Waals surface area contributed by atoms with E-state index >= 15 is 0 Å². The predicted octanol–water partition coefficient (Wildman–Crippen LogP) is 3.83. The maximum absolute atomic E-state index is 13.7. The lowest BCUT2D eigenvalue weighted by Crippen LogP contribution is -2.30. The average molecular weight is 395 g/mol. The van der Waals surface area contributed by atoms with Gasteiger partial charge in [-0.3, -0.25) is 4.79 Å². The van der Waals surface area contributed by atoms with Crippen LogP contribution < -0.4 is 20.3 Å². The van der Waals surface area contributed by atoms with Crippen LogP contribution in [0.5, 0.6) is 5.75 Å². The van der Waals surface area contributed by atoms with Crippen molar-refractivity contribution in [1.82, 2.24) is 10.2 Å². The highest BCUT2D eigenvalue weighted by Crippen LogP contribution is 2.21. The van der Waals surface area contributed by atoms with Crippen LogP contribution in [-0.2, 0) is 4.79 Å². The Bertz CT molecular complexity index is 979. The van der Waals surface area contributed by atoms with E-state index in [1.54, 1.807) is 37.4 Å². The highest BCUT2D eigenvalue weighted by atomic mass is 19.1. The van der Waals surface area contributed by atoms with Crippen molar-refractivity contribution in [2.45, 2.75) is 13.0 Å². The molecule has 8 heteroatoms. The fourth-order valence-electron chi connectivity index (χ4n) is 2.48. The van der Waals surface area contributed by atoms with Crippen LogP contribution in [0.2, 0.25) is 0 Å². The Morgan fingerprint density at radius 1 is 1.10 bits per heavy atom. The fourth-order valence-corrected chi connectivity index (χ4v) is 2.48. The Balaban J connectivity index is 1.59. The molecule has 0 bridgehead atoms. The zero-order valence-corrected chi connectivity index (χ0v) is 16.4. The minimum Gasteiger partial charge on any atom is -0.478 e. The minimum atomic E-state index is -0.853. The molecule has 1 unspecified atom stereocenters. The van der Waals surface area contributed by atoms with Gasteiger partial charge >= 0.3 is 0 Å². The summed E-state index contributed by atoms with van der Waals surface area (Å²) in [6.07, 6.45) is 0.822. The Morgan fingerprint density at radius 3 is 2.48 bits per heavy atom. The van der Waals surface area contributed by atoms with Gasteiger partial charge in [0.2, 0.25) is 0 Å². The number of halogens is 1. The molecule has 1 heterocycles. The summed E-state index contributed by atoms with van der Waals surface area (Å²) in [5, 5.41) is 13.9. The second-order valence-corrected chi connectivity index (χ2v) is 6.58. The molecule has 0 aliphatic rings. The van der Waals surface area contributed by atoms with Gasteiger partial charge in [-0.1, -0.05) is 12.1 Å². The summed E-state index contributed by atoms with van der Waals surface area (Å²) in [4.78, 5) is 14.2. The van der Waals surface area contributed by atoms with Crippen LogP contribution in [0.25, 0.3) is 0 Å². The summed E-state index contributed by atoms with van der Waals surface area (Å²) < 4.78 is 19.1. The zero-order valence-electron chi connectivity index (χ0n) is 16.4. The first-order valence-electron chi connectivity index (χ1n) is 9.01. The normalized spacial score (nSPS) is 11.4. The van der Waals surface area contributed by atoms with Crippen molar-refractivity contribution in [3.8, 4) is 5.75 Å². The first kappa shape index (κ1) is 20.1. The van der Waals surface area contributed by atoms with E-state index in [2.05, 4.69) is 20.8 Å². The molecule has 0 aliphatic heterocycles. The molecule has 3 rings (SSSR count). The number of amides is 1. The predicted molar refractivity (Wildman–Crippen MR) is 111 cm³/mol. The molecule has 2 N–H and O–H groups in total. The van der Waals surface area contributed by atoms with Gasteiger partial charge in [-0.2, -0.15) is 5.10 Å². The lowest BCUT2D eigenvalue weighted by Gasteiger charge is -2.15. The molecule has 1 aromatic heterocycles. The number of para-hydroxylation sites is 1. The summed E-state index contributed by atoms with van der Waals surface area (Å²) >= 11 is 0. The number of benzene rings is 2. The summed E-state index contributed by atoms with van der Waals surface area (Å²) in [5.41, 5.74) is 2.32. The number of anilines is 4. The summed E-state index contributed by atoms with van der Waals surface area (Å²) in [6, 6.07) is 15.0. The van der Waals surface area contributed by atoms with Crippen LogP contribution in [0.4, 0.5) is 27.3 Å². The van der Waals surface area contributed by atoms with Gasteiger partial charge in [-0.15, -0.1) is 5.10 Å². The highest BCUT2D eigenvalue weighted by molar-refractivity contribution is 5.94. The maximum atomic E-state index is 13.7. The molecule has 150 valence electrons. The molecule has 7 nitrogen and oxygen atoms in total. The van der Waals surface area contributed by atoms with Crippen molar-refractivity contribution in [3.05, 3.63) is 66.6 Å². The number of nitrogens with one attached hydrogen (secondary N) is 2. The Labute approximate surface area is 168 Å². The number of carbonyl (C=O) groups excluding carboxylic acids is 1. The van der Waals surface area contributed by atoms with Crippen molar-refractivity contribution in [2.75, 3.05) is 29.6 Å². The van der Waals surface area contributed by atoms with E-state index in [0.717, 1.165) is 11.4 Å². The number of aromatic nitrogens is 2. The third kappa shape index (κ3) is 5.41. The number of ether oxygens (including phenoxy) is 1. The van der Waals surface area contributed by atoms with Crippen LogP contribution >= 0.6 is 0 Å². The van der Waals surface area contributed by atoms with Gasteiger partial charge in [-0.25, -0.2) is 4.39 Å². The minimum absolute atomic E-state index is 0.0377. The third-order valence-electron chi connectivity index (χ3n) is 4.09. The number of hydrogen-bond donors (Lipinski definition) is 2. The van der Waals surface area contributed by atoms with Gasteiger partial charge in [-0.05, 0) is 43.3 Å². The number of nitrogens with zero attached hydrogens (tertiary/aromatic N) is 3. The van der Waals surface area contributed by atoms with Crippen molar-refractivity contribution in [2.24, 2.45) is 0 Å². The number of hydrogen-bond acceptors (Lipinski definition) is 6. The molecule has 1 amide bonds. The first-order chi connectivity index (χ1) is 13.9. The van der Waals surface area contributed by atoms with E-state index < -0.39 is 11.9 Å². The second kappa shape index (κ2) is 9.01. The van der Waals surface area contributed by atoms with E-state index in [9.17, 15) is 9.18 Å². The molecule has 0 radical (unpaired) electrons. The van der Waals surface area contributed by atoms with Crippen LogP contribution in [0.15, 0.2) is 60.8 Å². The Hall–Kier alpha value is -3.68. The SMILES string of the molecule is CC(Oc1ccccc1F)C(=O)Nc1ccc(Nc2cc(N(C)C)cnn2)cc1. The van der Waals surface area contributed by atoms with Crippen molar-refractivity contribution >= 4 is 28.8 Å². The smallest absolute Gasteiger partial charge is 0.265 e. The molecule has 1 atom stereocenters. The zero-order chi connectivity index (χ0) is 20.8. The standard InChI is InChI=1S/C21H22FN5O2/c1-14(29-19-7-5-4-6-18(19)22)21(28)25-16-10-8-15(9-11-16)24-20-12-17(27(2)3)13-23-26-20/h4-14H,1-3H3,(H,24,26)(H,25,28). The highest BCUT2D eigenvalue weighted by Gasteiger charge is 2.16. The Kier molecular flexibility index (Phi) is 6.23. The van der Waals surface area contributed by atoms with E-state index in [4.69, 9.17) is 4.74 Å². The lowest BCUT2D eigenvalue weighted by molar-refractivity contribution is -0.122. The molecule has 29 heavy (non-hydrogen) atoms. The molecule has 0 spiro atoms. The van der Waals surface area contributed by atoms with Crippen molar-refractivity contribution in [1.29, 1.82) is 0 Å². The first-order valence-corrected chi connectivity index (χ1v) is 9.01. The largest absolute Gasteiger partial charge is 0.478 e. The van der Waals surface area contributed by atoms with Gasteiger partial charge in [0, 0.05) is 31.5 Å². The van der Waals surface area contributed by atoms with Gasteiger partial charge in [0.1, 0.15) is 0 Å². The summed E-state index contributed by atoms with van der Waals surface area (Å²) in [6.45, 7) is 1.56. The van der Waals surface area contributed by atoms with Crippen LogP contribution in [0, 0.1) is 5.82 Å². The monoisotopic (exact) mass is 395 g/mol. The maximum Gasteiger partial charge on any atom is 0.265 e. The number of carbonyl (C=O) groups is 1. The average Bonchev–Trinajstić information content (AvgIpc) is 2.71. The van der Waals surface area contributed by atoms with E-state index in [1.807, 2.05) is 37.2 Å². The summed E-state index contributed by atoms with van der Waals surface area (Å²) in [7, 11) is 3.85. The van der Waals surface area contributed by atoms with E-state index in [0.29, 0.717) is 11.5 Å². The van der Waals surface area contributed by atoms with Crippen molar-refractivity contribution in [3.63, 3.8) is 0 Å². The second-order valence-electron chi connectivity index (χ2n) is 6.58. The van der Waals surface area contributed by atoms with Gasteiger partial charge in [0.15, 0.2) is 23.5 Å². The van der Waals surface area contributed by atoms with Crippen LogP contribution in [0.3, 0.4) is 0 Å². The van der Waals surface area contributed by atoms with Crippen LogP contribution in [-0.4, -0.2) is 36.3 Å². The lowest BCUT2D eigenvalue weighted by atomic mass is 10.2. The third-order valence-corrected chi connectivity index (χ3v) is 4.09. The Morgan fingerprint density at radius 2 is 1.79 bits per heavy atom. The van der Waals surface area contributed by atoms with Crippen LogP contribution in [0.1, 0.15) is 6.92 Å². The molecule has 0 fully saturated rings. The van der Waals surface area contributed by atoms with E-state index in [1.165, 1.54) is 12.1 Å². The molecule has 0 aliphatic carbocycles. The van der Waals surface area contributed by atoms with Gasteiger partial charge in [0.05, 0.1) is 11.9 Å². The fraction of sp³-hybridized carbons (Fsp3) is 0.190. The quantitative estimate of drug-likeness (QED) is 0.633.